The second kappa shape index (κ2) is 9.84. The standard InChI is InChI=1S/C22H21NO5S/c1-3-19(24)15-8-10-17(11-9-15)27-13-21(25)28-12-16-14-29-22(23-16)18-6-4-5-7-20(18)26-2/h4-11,14H,3,12-13H2,1-2H3. The summed E-state index contributed by atoms with van der Waals surface area (Å²) in [5.41, 5.74) is 2.18. The Morgan fingerprint density at radius 3 is 2.55 bits per heavy atom. The SMILES string of the molecule is CCC(=O)c1ccc(OCC(=O)OCc2csc(-c3ccccc3OC)n2)cc1. The largest absolute Gasteiger partial charge is 0.496 e. The molecule has 0 unspecified atom stereocenters. The van der Waals surface area contributed by atoms with E-state index in [1.54, 1.807) is 31.4 Å². The summed E-state index contributed by atoms with van der Waals surface area (Å²) in [6, 6.07) is 14.3. The molecular formula is C22H21NO5S. The van der Waals surface area contributed by atoms with Gasteiger partial charge in [-0.1, -0.05) is 19.1 Å². The first kappa shape index (κ1) is 20.5. The van der Waals surface area contributed by atoms with E-state index in [1.807, 2.05) is 36.6 Å². The van der Waals surface area contributed by atoms with E-state index in [0.29, 0.717) is 23.4 Å². The Hall–Kier alpha value is -3.19. The van der Waals surface area contributed by atoms with Gasteiger partial charge in [0.15, 0.2) is 12.4 Å². The summed E-state index contributed by atoms with van der Waals surface area (Å²) in [4.78, 5) is 28.1. The molecule has 0 aliphatic heterocycles. The average molecular weight is 411 g/mol. The van der Waals surface area contributed by atoms with E-state index in [0.717, 1.165) is 16.3 Å². The minimum Gasteiger partial charge on any atom is -0.496 e. The number of ketones is 1. The lowest BCUT2D eigenvalue weighted by molar-refractivity contribution is -0.147. The summed E-state index contributed by atoms with van der Waals surface area (Å²) in [5, 5.41) is 2.64. The van der Waals surface area contributed by atoms with Gasteiger partial charge in [-0.3, -0.25) is 4.79 Å². The van der Waals surface area contributed by atoms with E-state index < -0.39 is 5.97 Å². The molecule has 3 rings (SSSR count). The summed E-state index contributed by atoms with van der Waals surface area (Å²) >= 11 is 1.46. The molecule has 0 aliphatic rings. The fourth-order valence-corrected chi connectivity index (χ4v) is 3.43. The maximum Gasteiger partial charge on any atom is 0.344 e. The summed E-state index contributed by atoms with van der Waals surface area (Å²) in [6.07, 6.45) is 0.446. The fourth-order valence-electron chi connectivity index (χ4n) is 2.60. The molecule has 0 saturated heterocycles. The Morgan fingerprint density at radius 1 is 1.07 bits per heavy atom. The molecule has 3 aromatic rings. The van der Waals surface area contributed by atoms with E-state index >= 15 is 0 Å². The van der Waals surface area contributed by atoms with Crippen molar-refractivity contribution in [3.63, 3.8) is 0 Å². The number of hydrogen-bond donors (Lipinski definition) is 0. The molecule has 1 heterocycles. The van der Waals surface area contributed by atoms with Crippen LogP contribution < -0.4 is 9.47 Å². The average Bonchev–Trinajstić information content (AvgIpc) is 3.25. The van der Waals surface area contributed by atoms with Crippen molar-refractivity contribution in [2.45, 2.75) is 20.0 Å². The Labute approximate surface area is 173 Å². The Bertz CT molecular complexity index is 981. The van der Waals surface area contributed by atoms with Gasteiger partial charge in [0.1, 0.15) is 23.1 Å². The number of esters is 1. The summed E-state index contributed by atoms with van der Waals surface area (Å²) in [5.74, 6) is 0.810. The second-order valence-corrected chi connectivity index (χ2v) is 6.95. The van der Waals surface area contributed by atoms with Crippen molar-refractivity contribution in [3.05, 3.63) is 65.2 Å². The second-order valence-electron chi connectivity index (χ2n) is 6.09. The predicted molar refractivity (Wildman–Crippen MR) is 110 cm³/mol. The molecule has 2 aromatic carbocycles. The Morgan fingerprint density at radius 2 is 1.83 bits per heavy atom. The van der Waals surface area contributed by atoms with Crippen molar-refractivity contribution in [3.8, 4) is 22.1 Å². The van der Waals surface area contributed by atoms with Gasteiger partial charge in [0.2, 0.25) is 0 Å². The minimum absolute atomic E-state index is 0.0618. The zero-order chi connectivity index (χ0) is 20.6. The van der Waals surface area contributed by atoms with Crippen LogP contribution in [0.3, 0.4) is 0 Å². The number of nitrogens with zero attached hydrogens (tertiary/aromatic N) is 1. The van der Waals surface area contributed by atoms with Crippen LogP contribution in [0.15, 0.2) is 53.9 Å². The molecule has 0 fully saturated rings. The molecule has 0 saturated carbocycles. The highest BCUT2D eigenvalue weighted by molar-refractivity contribution is 7.13. The minimum atomic E-state index is -0.495. The highest BCUT2D eigenvalue weighted by Crippen LogP contribution is 2.31. The predicted octanol–water partition coefficient (Wildman–Crippen LogP) is 4.53. The van der Waals surface area contributed by atoms with Crippen LogP contribution in [0.4, 0.5) is 0 Å². The van der Waals surface area contributed by atoms with Crippen molar-refractivity contribution >= 4 is 23.1 Å². The normalized spacial score (nSPS) is 10.4. The van der Waals surface area contributed by atoms with Crippen LogP contribution in [0, 0.1) is 0 Å². The number of carbonyl (C=O) groups excluding carboxylic acids is 2. The van der Waals surface area contributed by atoms with Gasteiger partial charge in [0, 0.05) is 17.4 Å². The molecule has 7 heteroatoms. The Kier molecular flexibility index (Phi) is 6.97. The van der Waals surface area contributed by atoms with Crippen LogP contribution in [0.25, 0.3) is 10.6 Å². The van der Waals surface area contributed by atoms with Crippen molar-refractivity contribution < 1.29 is 23.8 Å². The van der Waals surface area contributed by atoms with Gasteiger partial charge in [-0.15, -0.1) is 11.3 Å². The van der Waals surface area contributed by atoms with Gasteiger partial charge >= 0.3 is 5.97 Å². The van der Waals surface area contributed by atoms with Crippen LogP contribution >= 0.6 is 11.3 Å². The third kappa shape index (κ3) is 5.42. The van der Waals surface area contributed by atoms with Crippen LogP contribution in [0.2, 0.25) is 0 Å². The van der Waals surface area contributed by atoms with Gasteiger partial charge in [0.05, 0.1) is 18.4 Å². The first-order valence-corrected chi connectivity index (χ1v) is 9.98. The third-order valence-electron chi connectivity index (χ3n) is 4.12. The van der Waals surface area contributed by atoms with Gasteiger partial charge < -0.3 is 14.2 Å². The van der Waals surface area contributed by atoms with Crippen molar-refractivity contribution in [1.29, 1.82) is 0 Å². The number of ether oxygens (including phenoxy) is 3. The molecule has 29 heavy (non-hydrogen) atoms. The first-order valence-electron chi connectivity index (χ1n) is 9.10. The first-order chi connectivity index (χ1) is 14.1. The molecule has 0 spiro atoms. The number of benzene rings is 2. The molecule has 1 aromatic heterocycles. The van der Waals surface area contributed by atoms with Gasteiger partial charge in [-0.25, -0.2) is 9.78 Å². The maximum atomic E-state index is 11.9. The quantitative estimate of drug-likeness (QED) is 0.380. The van der Waals surface area contributed by atoms with Gasteiger partial charge in [-0.05, 0) is 36.4 Å². The van der Waals surface area contributed by atoms with Gasteiger partial charge in [0.25, 0.3) is 0 Å². The van der Waals surface area contributed by atoms with E-state index in [4.69, 9.17) is 14.2 Å². The number of para-hydroxylation sites is 1. The number of hydrogen-bond acceptors (Lipinski definition) is 7. The van der Waals surface area contributed by atoms with E-state index in [9.17, 15) is 9.59 Å². The van der Waals surface area contributed by atoms with Crippen molar-refractivity contribution in [2.24, 2.45) is 0 Å². The molecule has 150 valence electrons. The van der Waals surface area contributed by atoms with Crippen LogP contribution in [0.1, 0.15) is 29.4 Å². The highest BCUT2D eigenvalue weighted by atomic mass is 32.1. The molecule has 6 nitrogen and oxygen atoms in total. The molecular weight excluding hydrogens is 390 g/mol. The lowest BCUT2D eigenvalue weighted by Gasteiger charge is -2.07. The molecule has 0 aliphatic carbocycles. The zero-order valence-corrected chi connectivity index (χ0v) is 17.0. The van der Waals surface area contributed by atoms with E-state index in [-0.39, 0.29) is 19.0 Å². The summed E-state index contributed by atoms with van der Waals surface area (Å²) in [7, 11) is 1.62. The molecule has 0 N–H and O–H groups in total. The lowest BCUT2D eigenvalue weighted by atomic mass is 10.1. The molecule has 0 bridgehead atoms. The van der Waals surface area contributed by atoms with E-state index in [1.165, 1.54) is 11.3 Å². The molecule has 0 radical (unpaired) electrons. The topological polar surface area (TPSA) is 74.7 Å². The smallest absolute Gasteiger partial charge is 0.344 e. The van der Waals surface area contributed by atoms with E-state index in [2.05, 4.69) is 4.98 Å². The Balaban J connectivity index is 1.50. The highest BCUT2D eigenvalue weighted by Gasteiger charge is 2.12. The number of aromatic nitrogens is 1. The molecule has 0 atom stereocenters. The van der Waals surface area contributed by atoms with Crippen LogP contribution in [-0.4, -0.2) is 30.5 Å². The monoisotopic (exact) mass is 411 g/mol. The number of rotatable bonds is 9. The fraction of sp³-hybridized carbons (Fsp3) is 0.227. The summed E-state index contributed by atoms with van der Waals surface area (Å²) < 4.78 is 16.0. The third-order valence-corrected chi connectivity index (χ3v) is 5.05. The molecule has 0 amide bonds. The number of Topliss-reactive ketones (excluding diaryl/α,β-unsaturated/α-hetero) is 1. The van der Waals surface area contributed by atoms with Crippen LogP contribution in [-0.2, 0) is 16.1 Å². The van der Waals surface area contributed by atoms with Gasteiger partial charge in [-0.2, -0.15) is 0 Å². The van der Waals surface area contributed by atoms with Crippen molar-refractivity contribution in [1.82, 2.24) is 4.98 Å². The van der Waals surface area contributed by atoms with Crippen molar-refractivity contribution in [2.75, 3.05) is 13.7 Å². The zero-order valence-electron chi connectivity index (χ0n) is 16.2. The number of methoxy groups -OCH3 is 1. The number of carbonyl (C=O) groups is 2. The summed E-state index contributed by atoms with van der Waals surface area (Å²) in [6.45, 7) is 1.66. The maximum absolute atomic E-state index is 11.9. The van der Waals surface area contributed by atoms with Crippen LogP contribution in [0.5, 0.6) is 11.5 Å². The lowest BCUT2D eigenvalue weighted by Crippen LogP contribution is -2.14. The number of thiazole rings is 1.